The summed E-state index contributed by atoms with van der Waals surface area (Å²) in [4.78, 5) is 26.7. The summed E-state index contributed by atoms with van der Waals surface area (Å²) in [5.74, 6) is -1.26. The van der Waals surface area contributed by atoms with Crippen molar-refractivity contribution in [2.75, 3.05) is 6.61 Å². The second-order valence-corrected chi connectivity index (χ2v) is 7.14. The third kappa shape index (κ3) is 6.23. The van der Waals surface area contributed by atoms with Gasteiger partial charge in [0, 0.05) is 17.6 Å². The maximum Gasteiger partial charge on any atom is 0.261 e. The van der Waals surface area contributed by atoms with Crippen molar-refractivity contribution < 1.29 is 18.7 Å². The van der Waals surface area contributed by atoms with Crippen molar-refractivity contribution >= 4 is 23.4 Å². The van der Waals surface area contributed by atoms with Crippen LogP contribution >= 0.6 is 11.6 Å². The molecule has 0 aliphatic heterocycles. The molecule has 2 amide bonds. The second-order valence-electron chi connectivity index (χ2n) is 6.71. The molecule has 2 aromatic carbocycles. The van der Waals surface area contributed by atoms with Crippen LogP contribution in [0.15, 0.2) is 48.5 Å². The maximum absolute atomic E-state index is 13.7. The summed E-state index contributed by atoms with van der Waals surface area (Å²) in [5.41, 5.74) is 0.813. The minimum atomic E-state index is -0.727. The Morgan fingerprint density at radius 2 is 1.75 bits per heavy atom. The van der Waals surface area contributed by atoms with E-state index in [9.17, 15) is 14.0 Å². The maximum atomic E-state index is 13.7. The molecule has 2 rings (SSSR count). The molecule has 150 valence electrons. The highest BCUT2D eigenvalue weighted by Crippen LogP contribution is 2.17. The molecular formula is C21H24ClFN2O3. The Kier molecular flexibility index (Phi) is 7.81. The minimum Gasteiger partial charge on any atom is -0.481 e. The number of para-hydroxylation sites is 1. The Hall–Kier alpha value is -2.60. The van der Waals surface area contributed by atoms with Crippen molar-refractivity contribution in [1.29, 1.82) is 0 Å². The van der Waals surface area contributed by atoms with Crippen LogP contribution in [-0.2, 0) is 16.1 Å². The van der Waals surface area contributed by atoms with E-state index in [1.807, 2.05) is 13.8 Å². The molecule has 0 radical (unpaired) electrons. The summed E-state index contributed by atoms with van der Waals surface area (Å²) < 4.78 is 19.1. The smallest absolute Gasteiger partial charge is 0.261 e. The fourth-order valence-corrected chi connectivity index (χ4v) is 2.68. The average Bonchev–Trinajstić information content (AvgIpc) is 2.65. The van der Waals surface area contributed by atoms with E-state index in [4.69, 9.17) is 16.3 Å². The van der Waals surface area contributed by atoms with E-state index in [-0.39, 0.29) is 30.9 Å². The highest BCUT2D eigenvalue weighted by Gasteiger charge is 2.27. The van der Waals surface area contributed by atoms with Crippen molar-refractivity contribution in [2.45, 2.75) is 39.4 Å². The van der Waals surface area contributed by atoms with E-state index in [1.54, 1.807) is 37.3 Å². The lowest BCUT2D eigenvalue weighted by Gasteiger charge is -2.29. The van der Waals surface area contributed by atoms with Gasteiger partial charge in [0.15, 0.2) is 18.2 Å². The van der Waals surface area contributed by atoms with Crippen molar-refractivity contribution in [3.63, 3.8) is 0 Å². The van der Waals surface area contributed by atoms with Gasteiger partial charge in [0.1, 0.15) is 6.04 Å². The zero-order valence-corrected chi connectivity index (χ0v) is 16.9. The van der Waals surface area contributed by atoms with Crippen LogP contribution in [-0.4, -0.2) is 35.4 Å². The fourth-order valence-electron chi connectivity index (χ4n) is 2.56. The predicted molar refractivity (Wildman–Crippen MR) is 107 cm³/mol. The number of nitrogens with zero attached hydrogens (tertiary/aromatic N) is 1. The molecule has 0 aliphatic carbocycles. The van der Waals surface area contributed by atoms with Gasteiger partial charge in [-0.15, -0.1) is 0 Å². The predicted octanol–water partition coefficient (Wildman–Crippen LogP) is 3.80. The zero-order valence-electron chi connectivity index (χ0n) is 16.1. The van der Waals surface area contributed by atoms with Gasteiger partial charge in [-0.1, -0.05) is 35.9 Å². The summed E-state index contributed by atoms with van der Waals surface area (Å²) in [6.45, 7) is 5.15. The van der Waals surface area contributed by atoms with Gasteiger partial charge in [0.05, 0.1) is 0 Å². The summed E-state index contributed by atoms with van der Waals surface area (Å²) in [6, 6.07) is 12.1. The van der Waals surface area contributed by atoms with E-state index < -0.39 is 17.8 Å². The number of rotatable bonds is 8. The molecule has 5 nitrogen and oxygen atoms in total. The fraction of sp³-hybridized carbons (Fsp3) is 0.333. The van der Waals surface area contributed by atoms with Gasteiger partial charge in [-0.25, -0.2) is 4.39 Å². The minimum absolute atomic E-state index is 0.0124. The Morgan fingerprint density at radius 1 is 1.11 bits per heavy atom. The SMILES string of the molecule is CC(C)NC(=O)[C@@H](C)N(Cc1ccc(Cl)cc1)C(=O)COc1ccccc1F. The van der Waals surface area contributed by atoms with Gasteiger partial charge < -0.3 is 15.0 Å². The molecule has 2 aromatic rings. The van der Waals surface area contributed by atoms with Crippen molar-refractivity contribution in [1.82, 2.24) is 10.2 Å². The number of amides is 2. The first-order chi connectivity index (χ1) is 13.3. The zero-order chi connectivity index (χ0) is 20.7. The molecule has 0 aromatic heterocycles. The van der Waals surface area contributed by atoms with Crippen molar-refractivity contribution in [2.24, 2.45) is 0 Å². The number of carbonyl (C=O) groups is 2. The summed E-state index contributed by atoms with van der Waals surface area (Å²) >= 11 is 5.91. The average molecular weight is 407 g/mol. The van der Waals surface area contributed by atoms with Gasteiger partial charge in [0.25, 0.3) is 5.91 Å². The Balaban J connectivity index is 2.15. The molecule has 0 unspecified atom stereocenters. The lowest BCUT2D eigenvalue weighted by molar-refractivity contribution is -0.142. The monoisotopic (exact) mass is 406 g/mol. The van der Waals surface area contributed by atoms with Crippen LogP contribution in [0.3, 0.4) is 0 Å². The number of carbonyl (C=O) groups excluding carboxylic acids is 2. The van der Waals surface area contributed by atoms with E-state index in [1.165, 1.54) is 23.1 Å². The molecule has 7 heteroatoms. The number of halogens is 2. The van der Waals surface area contributed by atoms with Gasteiger partial charge in [0.2, 0.25) is 5.91 Å². The molecule has 0 bridgehead atoms. The van der Waals surface area contributed by atoms with Gasteiger partial charge >= 0.3 is 0 Å². The molecule has 0 heterocycles. The summed E-state index contributed by atoms with van der Waals surface area (Å²) in [7, 11) is 0. The van der Waals surface area contributed by atoms with E-state index in [0.717, 1.165) is 5.56 Å². The highest BCUT2D eigenvalue weighted by atomic mass is 35.5. The third-order valence-electron chi connectivity index (χ3n) is 4.05. The number of nitrogens with one attached hydrogen (secondary N) is 1. The Labute approximate surface area is 169 Å². The largest absolute Gasteiger partial charge is 0.481 e. The van der Waals surface area contributed by atoms with Gasteiger partial charge in [-0.2, -0.15) is 0 Å². The van der Waals surface area contributed by atoms with Crippen LogP contribution in [0.25, 0.3) is 0 Å². The lowest BCUT2D eigenvalue weighted by atomic mass is 10.1. The van der Waals surface area contributed by atoms with E-state index >= 15 is 0 Å². The number of hydrogen-bond donors (Lipinski definition) is 1. The van der Waals surface area contributed by atoms with E-state index in [2.05, 4.69) is 5.32 Å². The lowest BCUT2D eigenvalue weighted by Crippen LogP contribution is -2.50. The highest BCUT2D eigenvalue weighted by molar-refractivity contribution is 6.30. The Morgan fingerprint density at radius 3 is 2.36 bits per heavy atom. The molecular weight excluding hydrogens is 383 g/mol. The molecule has 0 spiro atoms. The van der Waals surface area contributed by atoms with Crippen LogP contribution in [0, 0.1) is 5.82 Å². The topological polar surface area (TPSA) is 58.6 Å². The molecule has 0 saturated carbocycles. The van der Waals surface area contributed by atoms with Gasteiger partial charge in [-0.05, 0) is 50.6 Å². The van der Waals surface area contributed by atoms with Crippen LogP contribution in [0.4, 0.5) is 4.39 Å². The molecule has 0 saturated heterocycles. The quantitative estimate of drug-likeness (QED) is 0.725. The first kappa shape index (κ1) is 21.7. The Bertz CT molecular complexity index is 812. The van der Waals surface area contributed by atoms with Crippen LogP contribution < -0.4 is 10.1 Å². The second kappa shape index (κ2) is 10.1. The van der Waals surface area contributed by atoms with Crippen molar-refractivity contribution in [3.8, 4) is 5.75 Å². The standard InChI is InChI=1S/C21H24ClFN2O3/c1-14(2)24-21(27)15(3)25(12-16-8-10-17(22)11-9-16)20(26)13-28-19-7-5-4-6-18(19)23/h4-11,14-15H,12-13H2,1-3H3,(H,24,27)/t15-/m1/s1. The van der Waals surface area contributed by atoms with Crippen LogP contribution in [0.1, 0.15) is 26.3 Å². The number of benzene rings is 2. The normalized spacial score (nSPS) is 11.8. The molecule has 1 N–H and O–H groups in total. The third-order valence-corrected chi connectivity index (χ3v) is 4.30. The summed E-state index contributed by atoms with van der Waals surface area (Å²) in [6.07, 6.45) is 0. The first-order valence-corrected chi connectivity index (χ1v) is 9.37. The van der Waals surface area contributed by atoms with Gasteiger partial charge in [-0.3, -0.25) is 9.59 Å². The molecule has 28 heavy (non-hydrogen) atoms. The van der Waals surface area contributed by atoms with Crippen LogP contribution in [0.2, 0.25) is 5.02 Å². The number of ether oxygens (including phenoxy) is 1. The molecule has 0 aliphatic rings. The van der Waals surface area contributed by atoms with E-state index in [0.29, 0.717) is 5.02 Å². The molecule has 1 atom stereocenters. The molecule has 0 fully saturated rings. The summed E-state index contributed by atoms with van der Waals surface area (Å²) in [5, 5.41) is 3.38. The van der Waals surface area contributed by atoms with Crippen molar-refractivity contribution in [3.05, 3.63) is 64.9 Å². The number of hydrogen-bond acceptors (Lipinski definition) is 3. The first-order valence-electron chi connectivity index (χ1n) is 8.99. The van der Waals surface area contributed by atoms with Crippen LogP contribution in [0.5, 0.6) is 5.75 Å².